The number of hydrogen-bond acceptors (Lipinski definition) is 4. The molecule has 1 heterocycles. The molecule has 0 spiro atoms. The number of methoxy groups -OCH3 is 1. The average Bonchev–Trinajstić information content (AvgIpc) is 3.27. The topological polar surface area (TPSA) is 57.5 Å². The van der Waals surface area contributed by atoms with Crippen LogP contribution in [0, 0.1) is 0 Å². The fourth-order valence-corrected chi connectivity index (χ4v) is 24.2. The number of ether oxygens (including phenoxy) is 2. The monoisotopic (exact) mass is 647 g/mol. The number of fused-ring (bicyclic) bond motifs is 1. The molecule has 2 aromatic rings. The van der Waals surface area contributed by atoms with Crippen molar-refractivity contribution in [1.82, 2.24) is 4.57 Å². The standard InChI is InChI=1S/C21H26NO4.3C4H9.Sn/c1-21(2,3)26-20(24)22-13-17(14-8-6-5-7-9-14)16-11-10-15(12-18(16)22)19(23)25-4;3*1-3-4-2;/h10-12,14H,5-9H2,1-4H3;3*1,3-4H2,2H3;. The van der Waals surface area contributed by atoms with Gasteiger partial charge in [-0.05, 0) is 0 Å². The van der Waals surface area contributed by atoms with Gasteiger partial charge in [-0.3, -0.25) is 0 Å². The summed E-state index contributed by atoms with van der Waals surface area (Å²) in [6, 6.07) is 5.90. The van der Waals surface area contributed by atoms with E-state index in [0.717, 1.165) is 10.9 Å². The third kappa shape index (κ3) is 7.62. The van der Waals surface area contributed by atoms with Crippen molar-refractivity contribution in [1.29, 1.82) is 0 Å². The van der Waals surface area contributed by atoms with E-state index in [1.807, 2.05) is 37.5 Å². The van der Waals surface area contributed by atoms with Crippen LogP contribution in [0.1, 0.15) is 134 Å². The molecule has 3 rings (SSSR count). The molecule has 1 aromatic carbocycles. The number of rotatable bonds is 12. The number of nitrogens with zero attached hydrogens (tertiary/aromatic N) is 1. The normalized spacial score (nSPS) is 15.1. The van der Waals surface area contributed by atoms with Gasteiger partial charge in [0.2, 0.25) is 0 Å². The summed E-state index contributed by atoms with van der Waals surface area (Å²) in [5.74, 6) is 0.0946. The summed E-state index contributed by atoms with van der Waals surface area (Å²) >= 11 is -3.17. The van der Waals surface area contributed by atoms with Crippen LogP contribution in [0.15, 0.2) is 18.2 Å². The van der Waals surface area contributed by atoms with Crippen LogP contribution >= 0.6 is 0 Å². The maximum absolute atomic E-state index is 14.3. The van der Waals surface area contributed by atoms with E-state index >= 15 is 0 Å². The van der Waals surface area contributed by atoms with Gasteiger partial charge < -0.3 is 0 Å². The number of carbonyl (C=O) groups is 2. The summed E-state index contributed by atoms with van der Waals surface area (Å²) in [6.07, 6.45) is 13.0. The number of esters is 1. The van der Waals surface area contributed by atoms with Crippen molar-refractivity contribution >= 4 is 45.1 Å². The minimum absolute atomic E-state index is 0.280. The Labute approximate surface area is 241 Å². The van der Waals surface area contributed by atoms with E-state index in [2.05, 4.69) is 26.8 Å². The molecule has 0 saturated heterocycles. The van der Waals surface area contributed by atoms with Gasteiger partial charge in [-0.1, -0.05) is 0 Å². The van der Waals surface area contributed by atoms with Crippen LogP contribution in [0.3, 0.4) is 0 Å². The Hall–Kier alpha value is -1.50. The van der Waals surface area contributed by atoms with Gasteiger partial charge in [-0.2, -0.15) is 0 Å². The van der Waals surface area contributed by atoms with Crippen molar-refractivity contribution in [2.75, 3.05) is 7.11 Å². The zero-order chi connectivity index (χ0) is 28.6. The Morgan fingerprint density at radius 1 is 0.923 bits per heavy atom. The van der Waals surface area contributed by atoms with Crippen molar-refractivity contribution in [3.8, 4) is 0 Å². The van der Waals surface area contributed by atoms with Crippen LogP contribution in [0.4, 0.5) is 4.79 Å². The van der Waals surface area contributed by atoms with Gasteiger partial charge in [0.1, 0.15) is 0 Å². The number of hydrogen-bond donors (Lipinski definition) is 0. The molecular weight excluding hydrogens is 593 g/mol. The molecule has 1 aromatic heterocycles. The van der Waals surface area contributed by atoms with E-state index < -0.39 is 24.0 Å². The van der Waals surface area contributed by atoms with Crippen molar-refractivity contribution < 1.29 is 19.1 Å². The predicted octanol–water partition coefficient (Wildman–Crippen LogP) is 9.31. The van der Waals surface area contributed by atoms with Crippen LogP contribution in [-0.2, 0) is 9.47 Å². The first-order chi connectivity index (χ1) is 18.6. The molecule has 1 aliphatic rings. The molecule has 218 valence electrons. The molecule has 0 N–H and O–H groups in total. The summed E-state index contributed by atoms with van der Waals surface area (Å²) in [5.41, 5.74) is 2.16. The minimum atomic E-state index is -3.17. The summed E-state index contributed by atoms with van der Waals surface area (Å²) in [7, 11) is 1.42. The Kier molecular flexibility index (Phi) is 11.8. The summed E-state index contributed by atoms with van der Waals surface area (Å²) in [6.45, 7) is 12.7. The van der Waals surface area contributed by atoms with Crippen LogP contribution in [0.2, 0.25) is 13.3 Å². The number of unbranched alkanes of at least 4 members (excludes halogenated alkanes) is 3. The van der Waals surface area contributed by atoms with E-state index in [4.69, 9.17) is 9.47 Å². The van der Waals surface area contributed by atoms with E-state index in [1.54, 1.807) is 0 Å². The first-order valence-corrected chi connectivity index (χ1v) is 23.1. The van der Waals surface area contributed by atoms with E-state index in [0.29, 0.717) is 11.5 Å². The van der Waals surface area contributed by atoms with Gasteiger partial charge in [0.15, 0.2) is 0 Å². The maximum atomic E-state index is 14.3. The van der Waals surface area contributed by atoms with Crippen LogP contribution < -0.4 is 3.71 Å². The van der Waals surface area contributed by atoms with Gasteiger partial charge in [0, 0.05) is 0 Å². The van der Waals surface area contributed by atoms with E-state index in [-0.39, 0.29) is 12.1 Å². The number of aromatic nitrogens is 1. The molecule has 0 amide bonds. The number of benzene rings is 1. The fraction of sp³-hybridized carbons (Fsp3) is 0.697. The molecular formula is C33H53NO4Sn. The quantitative estimate of drug-likeness (QED) is 0.170. The third-order valence-corrected chi connectivity index (χ3v) is 24.0. The van der Waals surface area contributed by atoms with Crippen LogP contribution in [0.25, 0.3) is 10.9 Å². The second-order valence-electron chi connectivity index (χ2n) is 12.7. The molecule has 5 nitrogen and oxygen atoms in total. The van der Waals surface area contributed by atoms with Crippen molar-refractivity contribution in [3.63, 3.8) is 0 Å². The van der Waals surface area contributed by atoms with Crippen LogP contribution in [-0.4, -0.2) is 47.7 Å². The molecule has 0 radical (unpaired) electrons. The van der Waals surface area contributed by atoms with Gasteiger partial charge in [0.25, 0.3) is 0 Å². The SMILES string of the molecule is CCC[CH2][Sn]([CH2]CCC)([CH2]CCC)[c]1c(C2CCCCC2)c2ccc(C(=O)OC)cc2n1C(=O)OC(C)(C)C. The predicted molar refractivity (Wildman–Crippen MR) is 165 cm³/mol. The average molecular weight is 647 g/mol. The van der Waals surface area contributed by atoms with Gasteiger partial charge >= 0.3 is 242 Å². The summed E-state index contributed by atoms with van der Waals surface area (Å²) < 4.78 is 18.4. The Morgan fingerprint density at radius 3 is 1.97 bits per heavy atom. The fourth-order valence-electron chi connectivity index (χ4n) is 6.66. The molecule has 0 unspecified atom stereocenters. The van der Waals surface area contributed by atoms with Gasteiger partial charge in [-0.15, -0.1) is 0 Å². The molecule has 39 heavy (non-hydrogen) atoms. The van der Waals surface area contributed by atoms with Crippen molar-refractivity contribution in [3.05, 3.63) is 29.3 Å². The third-order valence-electron chi connectivity index (χ3n) is 8.55. The molecule has 0 aliphatic heterocycles. The molecule has 6 heteroatoms. The first-order valence-electron chi connectivity index (χ1n) is 15.6. The van der Waals surface area contributed by atoms with E-state index in [9.17, 15) is 9.59 Å². The second kappa shape index (κ2) is 14.4. The van der Waals surface area contributed by atoms with Gasteiger partial charge in [-0.25, -0.2) is 0 Å². The summed E-state index contributed by atoms with van der Waals surface area (Å²) in [5, 5.41) is 1.15. The first kappa shape index (κ1) is 32.0. The zero-order valence-electron chi connectivity index (χ0n) is 25.8. The Balaban J connectivity index is 2.47. The van der Waals surface area contributed by atoms with Crippen molar-refractivity contribution in [2.45, 2.75) is 137 Å². The van der Waals surface area contributed by atoms with Gasteiger partial charge in [0.05, 0.1) is 0 Å². The van der Waals surface area contributed by atoms with Crippen LogP contribution in [0.5, 0.6) is 0 Å². The molecule has 0 atom stereocenters. The van der Waals surface area contributed by atoms with Crippen molar-refractivity contribution in [2.24, 2.45) is 0 Å². The Bertz CT molecular complexity index is 1090. The molecule has 1 fully saturated rings. The molecule has 1 aliphatic carbocycles. The zero-order valence-corrected chi connectivity index (χ0v) is 28.6. The molecule has 1 saturated carbocycles. The summed E-state index contributed by atoms with van der Waals surface area (Å²) in [4.78, 5) is 26.9. The molecule has 0 bridgehead atoms. The van der Waals surface area contributed by atoms with E-state index in [1.165, 1.54) is 100 Å². The second-order valence-corrected chi connectivity index (χ2v) is 25.7. The Morgan fingerprint density at radius 2 is 1.49 bits per heavy atom. The number of carbonyl (C=O) groups excluding carboxylic acids is 2.